The van der Waals surface area contributed by atoms with Gasteiger partial charge in [-0.05, 0) is 53.3 Å². The molecule has 7 heteroatoms. The largest absolute Gasteiger partial charge is 0.370 e. The average Bonchev–Trinajstić information content (AvgIpc) is 2.44. The van der Waals surface area contributed by atoms with E-state index >= 15 is 0 Å². The Kier molecular flexibility index (Phi) is 6.42. The molecular formula is C14H22IN2O3S+. The zero-order chi connectivity index (χ0) is 15.3. The molecule has 0 aliphatic carbocycles. The Balaban J connectivity index is 1.83. The maximum absolute atomic E-state index is 12.3. The summed E-state index contributed by atoms with van der Waals surface area (Å²) in [5.74, 6) is 0. The molecule has 21 heavy (non-hydrogen) atoms. The first-order valence-electron chi connectivity index (χ1n) is 7.16. The quantitative estimate of drug-likeness (QED) is 0.505. The minimum absolute atomic E-state index is 0.377. The van der Waals surface area contributed by atoms with Gasteiger partial charge in [-0.15, -0.1) is 0 Å². The lowest BCUT2D eigenvalue weighted by atomic mass is 10.2. The molecule has 0 aromatic heterocycles. The summed E-state index contributed by atoms with van der Waals surface area (Å²) in [7, 11) is -3.40. The number of rotatable bonds is 6. The maximum Gasteiger partial charge on any atom is 0.240 e. The molecule has 2 N–H and O–H groups in total. The Morgan fingerprint density at radius 1 is 1.33 bits per heavy atom. The molecule has 0 spiro atoms. The Morgan fingerprint density at radius 2 is 2.05 bits per heavy atom. The number of ether oxygens (including phenoxy) is 1. The highest BCUT2D eigenvalue weighted by molar-refractivity contribution is 14.1. The van der Waals surface area contributed by atoms with E-state index in [0.29, 0.717) is 11.4 Å². The number of morpholine rings is 1. The van der Waals surface area contributed by atoms with Crippen LogP contribution in [0.25, 0.3) is 0 Å². The lowest BCUT2D eigenvalue weighted by molar-refractivity contribution is -0.908. The van der Waals surface area contributed by atoms with Crippen LogP contribution in [-0.4, -0.2) is 47.8 Å². The van der Waals surface area contributed by atoms with Crippen LogP contribution in [0.2, 0.25) is 0 Å². The number of halogens is 1. The second-order valence-corrected chi connectivity index (χ2v) is 8.25. The molecule has 1 fully saturated rings. The molecule has 1 aliphatic heterocycles. The van der Waals surface area contributed by atoms with Crippen molar-refractivity contribution in [1.29, 1.82) is 0 Å². The molecule has 0 atom stereocenters. The third kappa shape index (κ3) is 5.17. The van der Waals surface area contributed by atoms with Gasteiger partial charge in [-0.1, -0.05) is 0 Å². The summed E-state index contributed by atoms with van der Waals surface area (Å²) < 4.78 is 33.6. The number of sulfonamides is 1. The molecule has 0 radical (unpaired) electrons. The minimum atomic E-state index is -3.40. The molecule has 1 aromatic carbocycles. The van der Waals surface area contributed by atoms with Gasteiger partial charge >= 0.3 is 0 Å². The highest BCUT2D eigenvalue weighted by Gasteiger charge is 2.17. The topological polar surface area (TPSA) is 59.8 Å². The van der Waals surface area contributed by atoms with Crippen LogP contribution < -0.4 is 9.62 Å². The van der Waals surface area contributed by atoms with Crippen molar-refractivity contribution in [1.82, 2.24) is 4.72 Å². The van der Waals surface area contributed by atoms with Crippen molar-refractivity contribution in [3.05, 3.63) is 27.3 Å². The third-order valence-electron chi connectivity index (χ3n) is 3.63. The van der Waals surface area contributed by atoms with Crippen molar-refractivity contribution in [2.45, 2.75) is 18.2 Å². The Labute approximate surface area is 140 Å². The van der Waals surface area contributed by atoms with Crippen LogP contribution >= 0.6 is 22.6 Å². The molecule has 0 bridgehead atoms. The van der Waals surface area contributed by atoms with Crippen molar-refractivity contribution < 1.29 is 18.1 Å². The second kappa shape index (κ2) is 7.87. The third-order valence-corrected chi connectivity index (χ3v) is 5.92. The molecule has 5 nitrogen and oxygen atoms in total. The van der Waals surface area contributed by atoms with Crippen LogP contribution in [-0.2, 0) is 14.8 Å². The molecule has 1 aromatic rings. The van der Waals surface area contributed by atoms with Gasteiger partial charge in [0.2, 0.25) is 10.0 Å². The Bertz CT molecular complexity index is 572. The SMILES string of the molecule is Cc1cc(I)ccc1S(=O)(=O)NCCC[NH+]1CCOCC1. The molecule has 0 unspecified atom stereocenters. The van der Waals surface area contributed by atoms with Gasteiger partial charge < -0.3 is 9.64 Å². The highest BCUT2D eigenvalue weighted by atomic mass is 127. The maximum atomic E-state index is 12.3. The van der Waals surface area contributed by atoms with E-state index in [9.17, 15) is 8.42 Å². The second-order valence-electron chi connectivity index (χ2n) is 5.27. The van der Waals surface area contributed by atoms with Gasteiger partial charge in [0.1, 0.15) is 13.1 Å². The van der Waals surface area contributed by atoms with E-state index in [1.807, 2.05) is 19.1 Å². The number of aryl methyl sites for hydroxylation is 1. The molecule has 1 heterocycles. The standard InChI is InChI=1S/C14H21IN2O3S/c1-12-11-13(15)3-4-14(12)21(18,19)16-5-2-6-17-7-9-20-10-8-17/h3-4,11,16H,2,5-10H2,1H3/p+1. The summed E-state index contributed by atoms with van der Waals surface area (Å²) in [4.78, 5) is 1.87. The van der Waals surface area contributed by atoms with Crippen LogP contribution in [0.3, 0.4) is 0 Å². The summed E-state index contributed by atoms with van der Waals surface area (Å²) >= 11 is 2.18. The van der Waals surface area contributed by atoms with E-state index in [4.69, 9.17) is 4.74 Å². The summed E-state index contributed by atoms with van der Waals surface area (Å²) in [5.41, 5.74) is 0.785. The van der Waals surface area contributed by atoms with Gasteiger partial charge in [0, 0.05) is 16.5 Å². The highest BCUT2D eigenvalue weighted by Crippen LogP contribution is 2.17. The van der Waals surface area contributed by atoms with Crippen LogP contribution in [0.5, 0.6) is 0 Å². The van der Waals surface area contributed by atoms with E-state index in [2.05, 4.69) is 27.3 Å². The number of quaternary nitrogens is 1. The summed E-state index contributed by atoms with van der Waals surface area (Å²) in [5, 5.41) is 0. The van der Waals surface area contributed by atoms with Crippen LogP contribution in [0.1, 0.15) is 12.0 Å². The minimum Gasteiger partial charge on any atom is -0.370 e. The Hall–Kier alpha value is -0.220. The lowest BCUT2D eigenvalue weighted by Crippen LogP contribution is -3.14. The van der Waals surface area contributed by atoms with E-state index in [1.165, 1.54) is 4.90 Å². The molecular weight excluding hydrogens is 403 g/mol. The number of hydrogen-bond acceptors (Lipinski definition) is 3. The van der Waals surface area contributed by atoms with E-state index in [0.717, 1.165) is 48.4 Å². The van der Waals surface area contributed by atoms with E-state index in [1.54, 1.807) is 6.07 Å². The fourth-order valence-electron chi connectivity index (χ4n) is 2.45. The van der Waals surface area contributed by atoms with Gasteiger partial charge in [-0.2, -0.15) is 0 Å². The zero-order valence-corrected chi connectivity index (χ0v) is 15.2. The lowest BCUT2D eigenvalue weighted by Gasteiger charge is -2.23. The fraction of sp³-hybridized carbons (Fsp3) is 0.571. The van der Waals surface area contributed by atoms with Crippen LogP contribution in [0.15, 0.2) is 23.1 Å². The van der Waals surface area contributed by atoms with Crippen molar-refractivity contribution in [2.24, 2.45) is 0 Å². The number of benzene rings is 1. The van der Waals surface area contributed by atoms with Crippen molar-refractivity contribution in [2.75, 3.05) is 39.4 Å². The monoisotopic (exact) mass is 425 g/mol. The normalized spacial score (nSPS) is 17.0. The number of hydrogen-bond donors (Lipinski definition) is 2. The summed E-state index contributed by atoms with van der Waals surface area (Å²) in [6.07, 6.45) is 0.845. The molecule has 0 saturated carbocycles. The van der Waals surface area contributed by atoms with Crippen LogP contribution in [0.4, 0.5) is 0 Å². The van der Waals surface area contributed by atoms with Gasteiger partial charge in [0.25, 0.3) is 0 Å². The Morgan fingerprint density at radius 3 is 2.71 bits per heavy atom. The van der Waals surface area contributed by atoms with Gasteiger partial charge in [0.15, 0.2) is 0 Å². The first kappa shape index (κ1) is 17.1. The molecule has 2 rings (SSSR count). The molecule has 0 amide bonds. The predicted octanol–water partition coefficient (Wildman–Crippen LogP) is 0.183. The van der Waals surface area contributed by atoms with E-state index in [-0.39, 0.29) is 0 Å². The first-order chi connectivity index (χ1) is 9.99. The zero-order valence-electron chi connectivity index (χ0n) is 12.2. The average molecular weight is 425 g/mol. The van der Waals surface area contributed by atoms with Gasteiger partial charge in [-0.3, -0.25) is 0 Å². The van der Waals surface area contributed by atoms with Crippen molar-refractivity contribution >= 4 is 32.6 Å². The fourth-order valence-corrected chi connectivity index (χ4v) is 4.39. The summed E-state index contributed by atoms with van der Waals surface area (Å²) in [6, 6.07) is 5.37. The van der Waals surface area contributed by atoms with Crippen molar-refractivity contribution in [3.63, 3.8) is 0 Å². The van der Waals surface area contributed by atoms with Crippen LogP contribution in [0, 0.1) is 10.5 Å². The number of nitrogens with one attached hydrogen (secondary N) is 2. The first-order valence-corrected chi connectivity index (χ1v) is 9.72. The van der Waals surface area contributed by atoms with E-state index < -0.39 is 10.0 Å². The molecule has 1 saturated heterocycles. The predicted molar refractivity (Wildman–Crippen MR) is 90.1 cm³/mol. The smallest absolute Gasteiger partial charge is 0.240 e. The van der Waals surface area contributed by atoms with Gasteiger partial charge in [-0.25, -0.2) is 13.1 Å². The molecule has 118 valence electrons. The van der Waals surface area contributed by atoms with Gasteiger partial charge in [0.05, 0.1) is 24.7 Å². The van der Waals surface area contributed by atoms with Crippen molar-refractivity contribution in [3.8, 4) is 0 Å². The molecule has 1 aliphatic rings. The summed E-state index contributed by atoms with van der Waals surface area (Å²) in [6.45, 7) is 6.95.